The Kier molecular flexibility index (Phi) is 8.21. The number of amides is 2. The normalized spacial score (nSPS) is 17.9. The van der Waals surface area contributed by atoms with E-state index in [-0.39, 0.29) is 18.7 Å². The number of nitrogens with zero attached hydrogens (tertiary/aromatic N) is 4. The van der Waals surface area contributed by atoms with Gasteiger partial charge in [0.1, 0.15) is 18.2 Å². The van der Waals surface area contributed by atoms with E-state index in [2.05, 4.69) is 10.0 Å². The molecule has 2 aliphatic rings. The Hall–Kier alpha value is -3.47. The lowest BCUT2D eigenvalue weighted by molar-refractivity contribution is -0.133. The molecule has 3 heterocycles. The van der Waals surface area contributed by atoms with E-state index in [1.165, 1.54) is 45.5 Å². The molecule has 0 unspecified atom stereocenters. The number of benzene rings is 2. The number of rotatable bonds is 8. The summed E-state index contributed by atoms with van der Waals surface area (Å²) in [6, 6.07) is 15.2. The first kappa shape index (κ1) is 26.1. The van der Waals surface area contributed by atoms with E-state index >= 15 is 0 Å². The van der Waals surface area contributed by atoms with Gasteiger partial charge in [0.05, 0.1) is 35.4 Å². The van der Waals surface area contributed by atoms with E-state index in [4.69, 9.17) is 4.74 Å². The van der Waals surface area contributed by atoms with E-state index in [1.54, 1.807) is 24.3 Å². The van der Waals surface area contributed by atoms with E-state index < -0.39 is 29.5 Å². The largest absolute Gasteiger partial charge is 0.379 e. The van der Waals surface area contributed by atoms with Gasteiger partial charge in [-0.25, -0.2) is 13.8 Å². The number of hydrogen-bond donors (Lipinski definition) is 0. The highest BCUT2D eigenvalue weighted by Gasteiger charge is 2.36. The molecule has 5 rings (SSSR count). The molecular formula is C28H28F2N4O3S. The molecule has 0 aliphatic carbocycles. The van der Waals surface area contributed by atoms with Gasteiger partial charge in [0, 0.05) is 38.2 Å². The maximum absolute atomic E-state index is 14.8. The van der Waals surface area contributed by atoms with Crippen LogP contribution >= 0.6 is 11.3 Å². The highest BCUT2D eigenvalue weighted by Crippen LogP contribution is 2.35. The smallest absolute Gasteiger partial charge is 0.262 e. The Labute approximate surface area is 223 Å². The fraction of sp³-hybridized carbons (Fsp3) is 0.321. The standard InChI is InChI=1S/C28H28F2N4O3S/c29-22-8-3-1-6-20(22)25-18-24(26-10-5-17-38-26)31-34(25)27(35)19-33(12-11-32-13-15-37-16-14-32)28(36)21-7-2-4-9-23(21)30/h1-10,17,25H,11-16,18-19H2/t25-/m0/s1. The molecule has 0 N–H and O–H groups in total. The number of hydrazone groups is 1. The van der Waals surface area contributed by atoms with Crippen LogP contribution < -0.4 is 0 Å². The van der Waals surface area contributed by atoms with Gasteiger partial charge in [0.2, 0.25) is 0 Å². The first-order valence-corrected chi connectivity index (χ1v) is 13.4. The van der Waals surface area contributed by atoms with Crippen LogP contribution in [-0.4, -0.2) is 78.3 Å². The van der Waals surface area contributed by atoms with Gasteiger partial charge in [-0.3, -0.25) is 14.5 Å². The van der Waals surface area contributed by atoms with Gasteiger partial charge in [-0.05, 0) is 29.6 Å². The van der Waals surface area contributed by atoms with Gasteiger partial charge < -0.3 is 9.64 Å². The van der Waals surface area contributed by atoms with Gasteiger partial charge in [-0.2, -0.15) is 5.10 Å². The minimum Gasteiger partial charge on any atom is -0.379 e. The van der Waals surface area contributed by atoms with Crippen molar-refractivity contribution in [2.45, 2.75) is 12.5 Å². The Balaban J connectivity index is 1.41. The summed E-state index contributed by atoms with van der Waals surface area (Å²) in [6.45, 7) is 3.04. The summed E-state index contributed by atoms with van der Waals surface area (Å²) in [7, 11) is 0. The molecule has 1 atom stereocenters. The molecule has 38 heavy (non-hydrogen) atoms. The molecule has 0 spiro atoms. The number of halogens is 2. The van der Waals surface area contributed by atoms with Crippen LogP contribution in [0, 0.1) is 11.6 Å². The van der Waals surface area contributed by atoms with Crippen molar-refractivity contribution in [3.05, 3.63) is 93.7 Å². The average molecular weight is 539 g/mol. The quantitative estimate of drug-likeness (QED) is 0.432. The monoisotopic (exact) mass is 538 g/mol. The lowest BCUT2D eigenvalue weighted by Crippen LogP contribution is -2.46. The third-order valence-corrected chi connectivity index (χ3v) is 7.66. The number of morpholine rings is 1. The molecule has 2 aliphatic heterocycles. The van der Waals surface area contributed by atoms with E-state index in [1.807, 2.05) is 17.5 Å². The second-order valence-corrected chi connectivity index (χ2v) is 10.1. The van der Waals surface area contributed by atoms with Crippen LogP contribution in [0.15, 0.2) is 71.1 Å². The van der Waals surface area contributed by atoms with Crippen molar-refractivity contribution >= 4 is 28.9 Å². The zero-order chi connectivity index (χ0) is 26.5. The molecule has 1 aromatic heterocycles. The summed E-state index contributed by atoms with van der Waals surface area (Å²) in [4.78, 5) is 31.5. The summed E-state index contributed by atoms with van der Waals surface area (Å²) in [5.74, 6) is -2.11. The number of ether oxygens (including phenoxy) is 1. The first-order chi connectivity index (χ1) is 18.5. The van der Waals surface area contributed by atoms with Crippen LogP contribution in [-0.2, 0) is 9.53 Å². The second kappa shape index (κ2) is 11.9. The van der Waals surface area contributed by atoms with E-state index in [0.717, 1.165) is 4.88 Å². The molecule has 1 saturated heterocycles. The van der Waals surface area contributed by atoms with Crippen LogP contribution in [0.5, 0.6) is 0 Å². The summed E-state index contributed by atoms with van der Waals surface area (Å²) in [5.41, 5.74) is 0.940. The van der Waals surface area contributed by atoms with Crippen molar-refractivity contribution in [2.75, 3.05) is 45.9 Å². The summed E-state index contributed by atoms with van der Waals surface area (Å²) >= 11 is 1.49. The molecule has 0 radical (unpaired) electrons. The van der Waals surface area contributed by atoms with E-state index in [9.17, 15) is 18.4 Å². The minimum atomic E-state index is -0.648. The fourth-order valence-electron chi connectivity index (χ4n) is 4.70. The first-order valence-electron chi connectivity index (χ1n) is 12.5. The summed E-state index contributed by atoms with van der Waals surface area (Å²) < 4.78 is 34.8. The topological polar surface area (TPSA) is 65.5 Å². The number of carbonyl (C=O) groups excluding carboxylic acids is 2. The molecule has 0 saturated carbocycles. The molecule has 0 bridgehead atoms. The van der Waals surface area contributed by atoms with Crippen molar-refractivity contribution in [1.82, 2.24) is 14.8 Å². The molecular weight excluding hydrogens is 510 g/mol. The summed E-state index contributed by atoms with van der Waals surface area (Å²) in [6.07, 6.45) is 0.349. The van der Waals surface area contributed by atoms with Gasteiger partial charge in [0.25, 0.3) is 11.8 Å². The average Bonchev–Trinajstić information content (AvgIpc) is 3.62. The van der Waals surface area contributed by atoms with Crippen LogP contribution in [0.1, 0.15) is 33.3 Å². The molecule has 198 valence electrons. The Morgan fingerprint density at radius 2 is 1.74 bits per heavy atom. The predicted octanol–water partition coefficient (Wildman–Crippen LogP) is 4.18. The van der Waals surface area contributed by atoms with Crippen LogP contribution in [0.4, 0.5) is 8.78 Å². The highest BCUT2D eigenvalue weighted by atomic mass is 32.1. The zero-order valence-corrected chi connectivity index (χ0v) is 21.6. The van der Waals surface area contributed by atoms with E-state index in [0.29, 0.717) is 50.5 Å². The predicted molar refractivity (Wildman–Crippen MR) is 141 cm³/mol. The van der Waals surface area contributed by atoms with Gasteiger partial charge >= 0.3 is 0 Å². The number of carbonyl (C=O) groups is 2. The molecule has 2 amide bonds. The van der Waals surface area contributed by atoms with Crippen molar-refractivity contribution in [3.8, 4) is 0 Å². The Morgan fingerprint density at radius 3 is 2.45 bits per heavy atom. The highest BCUT2D eigenvalue weighted by molar-refractivity contribution is 7.12. The van der Waals surface area contributed by atoms with Gasteiger partial charge in [-0.15, -0.1) is 11.3 Å². The molecule has 3 aromatic rings. The van der Waals surface area contributed by atoms with Crippen LogP contribution in [0.3, 0.4) is 0 Å². The number of hydrogen-bond acceptors (Lipinski definition) is 6. The fourth-order valence-corrected chi connectivity index (χ4v) is 5.42. The van der Waals surface area contributed by atoms with Crippen molar-refractivity contribution in [1.29, 1.82) is 0 Å². The summed E-state index contributed by atoms with van der Waals surface area (Å²) in [5, 5.41) is 7.79. The Bertz CT molecular complexity index is 1310. The van der Waals surface area contributed by atoms with Gasteiger partial charge in [-0.1, -0.05) is 36.4 Å². The molecule has 2 aromatic carbocycles. The maximum atomic E-state index is 14.8. The molecule has 10 heteroatoms. The minimum absolute atomic E-state index is 0.0999. The van der Waals surface area contributed by atoms with Crippen molar-refractivity contribution < 1.29 is 23.1 Å². The molecule has 1 fully saturated rings. The lowest BCUT2D eigenvalue weighted by Gasteiger charge is -2.31. The zero-order valence-electron chi connectivity index (χ0n) is 20.8. The molecule has 7 nitrogen and oxygen atoms in total. The third-order valence-electron chi connectivity index (χ3n) is 6.74. The van der Waals surface area contributed by atoms with Crippen molar-refractivity contribution in [2.24, 2.45) is 5.10 Å². The lowest BCUT2D eigenvalue weighted by atomic mass is 10.0. The van der Waals surface area contributed by atoms with Crippen molar-refractivity contribution in [3.63, 3.8) is 0 Å². The van der Waals surface area contributed by atoms with Gasteiger partial charge in [0.15, 0.2) is 0 Å². The van der Waals surface area contributed by atoms with Crippen LogP contribution in [0.2, 0.25) is 0 Å². The maximum Gasteiger partial charge on any atom is 0.262 e. The second-order valence-electron chi connectivity index (χ2n) is 9.16. The number of thiophene rings is 1. The third kappa shape index (κ3) is 5.82. The van der Waals surface area contributed by atoms with Crippen LogP contribution in [0.25, 0.3) is 0 Å². The SMILES string of the molecule is O=C(c1ccccc1F)N(CCN1CCOCC1)CC(=O)N1N=C(c2cccs2)C[C@H]1c1ccccc1F. The Morgan fingerprint density at radius 1 is 1.00 bits per heavy atom.